The second kappa shape index (κ2) is 5.94. The Hall–Kier alpha value is -1.38. The zero-order valence-electron chi connectivity index (χ0n) is 11.2. The lowest BCUT2D eigenvalue weighted by Crippen LogP contribution is -2.28. The van der Waals surface area contributed by atoms with Crippen LogP contribution in [0.3, 0.4) is 0 Å². The minimum atomic E-state index is -3.85. The van der Waals surface area contributed by atoms with Gasteiger partial charge in [0.1, 0.15) is 10.6 Å². The average molecular weight is 302 g/mol. The number of nitrogens with one attached hydrogen (secondary N) is 1. The predicted octanol–water partition coefficient (Wildman–Crippen LogP) is 1.36. The predicted molar refractivity (Wildman–Crippen MR) is 70.7 cm³/mol. The Labute approximate surface area is 117 Å². The highest BCUT2D eigenvalue weighted by Crippen LogP contribution is 2.21. The van der Waals surface area contributed by atoms with Gasteiger partial charge in [-0.15, -0.1) is 0 Å². The van der Waals surface area contributed by atoms with Crippen LogP contribution in [0, 0.1) is 0 Å². The zero-order chi connectivity index (χ0) is 14.8. The number of aromatic carboxylic acids is 1. The van der Waals surface area contributed by atoms with Gasteiger partial charge in [-0.2, -0.15) is 0 Å². The summed E-state index contributed by atoms with van der Waals surface area (Å²) < 4.78 is 25.5. The smallest absolute Gasteiger partial charge is 0.352 e. The molecule has 0 bridgehead atoms. The number of aryl methyl sites for hydroxylation is 1. The van der Waals surface area contributed by atoms with E-state index in [0.717, 1.165) is 31.7 Å². The summed E-state index contributed by atoms with van der Waals surface area (Å²) >= 11 is 0. The van der Waals surface area contributed by atoms with Gasteiger partial charge in [0, 0.05) is 12.7 Å². The Morgan fingerprint density at radius 3 is 2.65 bits per heavy atom. The van der Waals surface area contributed by atoms with Crippen molar-refractivity contribution in [3.05, 3.63) is 18.0 Å². The minimum absolute atomic E-state index is 0.0614. The lowest BCUT2D eigenvalue weighted by Gasteiger charge is -2.11. The first-order valence-electron chi connectivity index (χ1n) is 6.55. The summed E-state index contributed by atoms with van der Waals surface area (Å²) in [5.74, 6) is -1.16. The number of aromatic nitrogens is 1. The Kier molecular flexibility index (Phi) is 4.46. The number of rotatable bonds is 6. The third-order valence-corrected chi connectivity index (χ3v) is 4.53. The molecular weight excluding hydrogens is 284 g/mol. The van der Waals surface area contributed by atoms with Crippen LogP contribution in [0.15, 0.2) is 17.2 Å². The van der Waals surface area contributed by atoms with Crippen molar-refractivity contribution in [3.8, 4) is 0 Å². The molecule has 2 rings (SSSR count). The van der Waals surface area contributed by atoms with Crippen LogP contribution >= 0.6 is 0 Å². The molecule has 1 heterocycles. The molecule has 1 aromatic rings. The molecule has 1 saturated carbocycles. The Morgan fingerprint density at radius 1 is 1.50 bits per heavy atom. The van der Waals surface area contributed by atoms with Gasteiger partial charge >= 0.3 is 5.97 Å². The molecule has 7 nitrogen and oxygen atoms in total. The Balaban J connectivity index is 2.14. The monoisotopic (exact) mass is 302 g/mol. The largest absolute Gasteiger partial charge is 0.477 e. The highest BCUT2D eigenvalue weighted by Gasteiger charge is 2.23. The first-order valence-corrected chi connectivity index (χ1v) is 8.03. The maximum Gasteiger partial charge on any atom is 0.352 e. The molecule has 20 heavy (non-hydrogen) atoms. The van der Waals surface area contributed by atoms with E-state index in [1.54, 1.807) is 6.92 Å². The fourth-order valence-electron chi connectivity index (χ4n) is 2.26. The Morgan fingerprint density at radius 2 is 2.15 bits per heavy atom. The lowest BCUT2D eigenvalue weighted by molar-refractivity contribution is 0.0223. The fourth-order valence-corrected chi connectivity index (χ4v) is 3.15. The molecule has 1 aliphatic carbocycles. The summed E-state index contributed by atoms with van der Waals surface area (Å²) in [7, 11) is -3.85. The molecule has 2 N–H and O–H groups in total. The lowest BCUT2D eigenvalue weighted by atomic mass is 10.3. The second-order valence-corrected chi connectivity index (χ2v) is 6.41. The minimum Gasteiger partial charge on any atom is -0.477 e. The van der Waals surface area contributed by atoms with Crippen molar-refractivity contribution in [1.29, 1.82) is 0 Å². The van der Waals surface area contributed by atoms with Gasteiger partial charge in [0.15, 0.2) is 0 Å². The van der Waals surface area contributed by atoms with E-state index in [1.165, 1.54) is 10.8 Å². The fraction of sp³-hybridized carbons (Fsp3) is 0.583. The average Bonchev–Trinajstić information content (AvgIpc) is 3.05. The number of hydrogen-bond donors (Lipinski definition) is 2. The van der Waals surface area contributed by atoms with Gasteiger partial charge < -0.3 is 9.67 Å². The van der Waals surface area contributed by atoms with Crippen LogP contribution in [0.25, 0.3) is 0 Å². The quantitative estimate of drug-likeness (QED) is 0.773. The highest BCUT2D eigenvalue weighted by molar-refractivity contribution is 7.89. The molecule has 1 fully saturated rings. The maximum atomic E-state index is 12.1. The van der Waals surface area contributed by atoms with Crippen molar-refractivity contribution < 1.29 is 23.2 Å². The summed E-state index contributed by atoms with van der Waals surface area (Å²) in [4.78, 5) is 18.2. The molecule has 1 aliphatic rings. The molecule has 0 saturated heterocycles. The molecule has 1 aromatic heterocycles. The molecule has 8 heteroatoms. The first kappa shape index (κ1) is 15.0. The number of hydrogen-bond acceptors (Lipinski definition) is 4. The third-order valence-electron chi connectivity index (χ3n) is 3.37. The standard InChI is InChI=1S/C12H18N2O5S/c1-2-14-8-10(7-11(14)12(15)16)20(17,18)13-19-9-5-3-4-6-9/h7-9,13H,2-6H2,1H3,(H,15,16). The van der Waals surface area contributed by atoms with E-state index < -0.39 is 16.0 Å². The summed E-state index contributed by atoms with van der Waals surface area (Å²) in [5, 5.41) is 9.01. The molecule has 0 unspecified atom stereocenters. The number of carbonyl (C=O) groups is 1. The van der Waals surface area contributed by atoms with Gasteiger partial charge in [-0.1, -0.05) is 17.7 Å². The summed E-state index contributed by atoms with van der Waals surface area (Å²) in [5.41, 5.74) is -0.0614. The summed E-state index contributed by atoms with van der Waals surface area (Å²) in [6.45, 7) is 2.12. The van der Waals surface area contributed by atoms with Crippen LogP contribution < -0.4 is 4.89 Å². The van der Waals surface area contributed by atoms with Gasteiger partial charge in [-0.25, -0.2) is 13.2 Å². The van der Waals surface area contributed by atoms with Gasteiger partial charge in [-0.3, -0.25) is 4.84 Å². The van der Waals surface area contributed by atoms with Crippen LogP contribution in [0.1, 0.15) is 43.1 Å². The molecule has 112 valence electrons. The number of carboxylic acid groups (broad SMARTS) is 1. The van der Waals surface area contributed by atoms with Crippen LogP contribution in [0.2, 0.25) is 0 Å². The van der Waals surface area contributed by atoms with Crippen molar-refractivity contribution in [2.24, 2.45) is 0 Å². The van der Waals surface area contributed by atoms with Gasteiger partial charge in [0.05, 0.1) is 6.10 Å². The van der Waals surface area contributed by atoms with Crippen molar-refractivity contribution >= 4 is 16.0 Å². The van der Waals surface area contributed by atoms with Gasteiger partial charge in [0.2, 0.25) is 0 Å². The maximum absolute atomic E-state index is 12.1. The molecule has 0 spiro atoms. The molecule has 0 aliphatic heterocycles. The van der Waals surface area contributed by atoms with Crippen LogP contribution in [-0.2, 0) is 21.4 Å². The van der Waals surface area contributed by atoms with E-state index in [-0.39, 0.29) is 16.7 Å². The van der Waals surface area contributed by atoms with Crippen molar-refractivity contribution in [2.75, 3.05) is 0 Å². The zero-order valence-corrected chi connectivity index (χ0v) is 12.0. The molecule has 0 atom stereocenters. The SMILES string of the molecule is CCn1cc(S(=O)(=O)NOC2CCCC2)cc1C(=O)O. The molecule has 0 amide bonds. The van der Waals surface area contributed by atoms with Crippen molar-refractivity contribution in [3.63, 3.8) is 0 Å². The van der Waals surface area contributed by atoms with E-state index >= 15 is 0 Å². The van der Waals surface area contributed by atoms with E-state index in [4.69, 9.17) is 9.94 Å². The van der Waals surface area contributed by atoms with Crippen molar-refractivity contribution in [2.45, 2.75) is 50.2 Å². The van der Waals surface area contributed by atoms with Crippen molar-refractivity contribution in [1.82, 2.24) is 9.45 Å². The van der Waals surface area contributed by atoms with Crippen LogP contribution in [-0.4, -0.2) is 30.2 Å². The van der Waals surface area contributed by atoms with E-state index in [1.807, 2.05) is 0 Å². The topological polar surface area (TPSA) is 97.6 Å². The first-order chi connectivity index (χ1) is 9.44. The highest BCUT2D eigenvalue weighted by atomic mass is 32.2. The number of sulfonamides is 1. The van der Waals surface area contributed by atoms with E-state index in [0.29, 0.717) is 6.54 Å². The number of carboxylic acids is 1. The molecule has 0 aromatic carbocycles. The third kappa shape index (κ3) is 3.20. The second-order valence-electron chi connectivity index (χ2n) is 4.76. The van der Waals surface area contributed by atoms with Crippen LogP contribution in [0.5, 0.6) is 0 Å². The number of nitrogens with zero attached hydrogens (tertiary/aromatic N) is 1. The Bertz CT molecular complexity index is 587. The van der Waals surface area contributed by atoms with E-state index in [2.05, 4.69) is 4.89 Å². The summed E-state index contributed by atoms with van der Waals surface area (Å²) in [6.07, 6.45) is 4.92. The van der Waals surface area contributed by atoms with Crippen LogP contribution in [0.4, 0.5) is 0 Å². The molecular formula is C12H18N2O5S. The van der Waals surface area contributed by atoms with E-state index in [9.17, 15) is 13.2 Å². The molecule has 0 radical (unpaired) electrons. The normalized spacial score (nSPS) is 16.6. The van der Waals surface area contributed by atoms with Gasteiger partial charge in [-0.05, 0) is 25.8 Å². The van der Waals surface area contributed by atoms with Gasteiger partial charge in [0.25, 0.3) is 10.0 Å². The summed E-state index contributed by atoms with van der Waals surface area (Å²) in [6, 6.07) is 1.13.